The standard InChI is InChI=1S/C24H26Cl2N4O2/c1-5-29(23(32)24(2,3)4)15-22(31)27-21-14-20(16-9-7-6-8-10-16)28-30(21)17-11-12-18(25)19(26)13-17/h6-14H,5,15H2,1-4H3,(H,27,31). The number of nitrogens with zero attached hydrogens (tertiary/aromatic N) is 3. The summed E-state index contributed by atoms with van der Waals surface area (Å²) in [5.74, 6) is 0.0647. The second-order valence-corrected chi connectivity index (χ2v) is 9.22. The smallest absolute Gasteiger partial charge is 0.245 e. The molecule has 0 saturated carbocycles. The Balaban J connectivity index is 1.93. The van der Waals surface area contributed by atoms with Crippen LogP contribution in [0, 0.1) is 5.41 Å². The predicted octanol–water partition coefficient (Wildman–Crippen LogP) is 5.68. The van der Waals surface area contributed by atoms with Crippen molar-refractivity contribution in [1.82, 2.24) is 14.7 Å². The summed E-state index contributed by atoms with van der Waals surface area (Å²) in [7, 11) is 0. The zero-order valence-corrected chi connectivity index (χ0v) is 20.0. The van der Waals surface area contributed by atoms with Crippen molar-refractivity contribution >= 4 is 40.8 Å². The van der Waals surface area contributed by atoms with Crippen molar-refractivity contribution in [1.29, 1.82) is 0 Å². The fourth-order valence-electron chi connectivity index (χ4n) is 3.19. The van der Waals surface area contributed by atoms with Gasteiger partial charge in [-0.15, -0.1) is 0 Å². The first-order valence-electron chi connectivity index (χ1n) is 10.3. The molecule has 3 aromatic rings. The summed E-state index contributed by atoms with van der Waals surface area (Å²) in [4.78, 5) is 27.0. The summed E-state index contributed by atoms with van der Waals surface area (Å²) in [5, 5.41) is 8.37. The van der Waals surface area contributed by atoms with E-state index >= 15 is 0 Å². The first-order valence-corrected chi connectivity index (χ1v) is 11.1. The SMILES string of the molecule is CCN(CC(=O)Nc1cc(-c2ccccc2)nn1-c1ccc(Cl)c(Cl)c1)C(=O)C(C)(C)C. The third-order valence-electron chi connectivity index (χ3n) is 4.84. The van der Waals surface area contributed by atoms with Crippen molar-refractivity contribution in [2.45, 2.75) is 27.7 Å². The highest BCUT2D eigenvalue weighted by molar-refractivity contribution is 6.42. The third-order valence-corrected chi connectivity index (χ3v) is 5.58. The predicted molar refractivity (Wildman–Crippen MR) is 129 cm³/mol. The Kier molecular flexibility index (Phi) is 7.26. The molecule has 0 atom stereocenters. The highest BCUT2D eigenvalue weighted by atomic mass is 35.5. The second-order valence-electron chi connectivity index (χ2n) is 8.41. The second kappa shape index (κ2) is 9.76. The van der Waals surface area contributed by atoms with Crippen LogP contribution in [-0.4, -0.2) is 39.6 Å². The van der Waals surface area contributed by atoms with Crippen LogP contribution < -0.4 is 5.32 Å². The van der Waals surface area contributed by atoms with Gasteiger partial charge in [0, 0.05) is 23.6 Å². The summed E-state index contributed by atoms with van der Waals surface area (Å²) in [6, 6.07) is 16.6. The number of carbonyl (C=O) groups is 2. The minimum Gasteiger partial charge on any atom is -0.333 e. The largest absolute Gasteiger partial charge is 0.333 e. The van der Waals surface area contributed by atoms with Gasteiger partial charge in [0.05, 0.1) is 28.0 Å². The molecule has 6 nitrogen and oxygen atoms in total. The first kappa shape index (κ1) is 23.8. The van der Waals surface area contributed by atoms with Gasteiger partial charge in [-0.1, -0.05) is 74.3 Å². The highest BCUT2D eigenvalue weighted by Crippen LogP contribution is 2.29. The van der Waals surface area contributed by atoms with E-state index in [0.29, 0.717) is 33.8 Å². The molecule has 2 aromatic carbocycles. The van der Waals surface area contributed by atoms with Crippen molar-refractivity contribution in [3.63, 3.8) is 0 Å². The Bertz CT molecular complexity index is 1120. The molecule has 0 radical (unpaired) electrons. The van der Waals surface area contributed by atoms with Gasteiger partial charge in [0.2, 0.25) is 11.8 Å². The Morgan fingerprint density at radius 2 is 1.72 bits per heavy atom. The number of amides is 2. The number of benzene rings is 2. The minimum absolute atomic E-state index is 0.0557. The fourth-order valence-corrected chi connectivity index (χ4v) is 3.48. The number of carbonyl (C=O) groups excluding carboxylic acids is 2. The van der Waals surface area contributed by atoms with Crippen LogP contribution in [0.4, 0.5) is 5.82 Å². The van der Waals surface area contributed by atoms with Gasteiger partial charge in [-0.05, 0) is 25.1 Å². The molecule has 0 aliphatic heterocycles. The van der Waals surface area contributed by atoms with Crippen LogP contribution in [0.1, 0.15) is 27.7 Å². The number of anilines is 1. The molecule has 32 heavy (non-hydrogen) atoms. The molecule has 1 N–H and O–H groups in total. The molecular weight excluding hydrogens is 447 g/mol. The molecule has 1 aromatic heterocycles. The van der Waals surface area contributed by atoms with Gasteiger partial charge in [-0.2, -0.15) is 5.10 Å². The third kappa shape index (κ3) is 5.50. The van der Waals surface area contributed by atoms with E-state index in [9.17, 15) is 9.59 Å². The van der Waals surface area contributed by atoms with E-state index in [1.165, 1.54) is 4.90 Å². The number of halogens is 2. The van der Waals surface area contributed by atoms with E-state index in [1.807, 2.05) is 58.0 Å². The number of hydrogen-bond acceptors (Lipinski definition) is 3. The number of nitrogens with one attached hydrogen (secondary N) is 1. The number of aromatic nitrogens is 2. The summed E-state index contributed by atoms with van der Waals surface area (Å²) < 4.78 is 1.60. The van der Waals surface area contributed by atoms with Crippen LogP contribution in [0.25, 0.3) is 16.9 Å². The Hall–Kier alpha value is -2.83. The highest BCUT2D eigenvalue weighted by Gasteiger charge is 2.28. The van der Waals surface area contributed by atoms with E-state index in [1.54, 1.807) is 28.9 Å². The molecule has 0 fully saturated rings. The number of hydrogen-bond donors (Lipinski definition) is 1. The average Bonchev–Trinajstić information content (AvgIpc) is 3.17. The molecule has 168 valence electrons. The van der Waals surface area contributed by atoms with Gasteiger partial charge in [0.25, 0.3) is 0 Å². The molecule has 8 heteroatoms. The van der Waals surface area contributed by atoms with Crippen molar-refractivity contribution < 1.29 is 9.59 Å². The van der Waals surface area contributed by atoms with E-state index in [2.05, 4.69) is 10.4 Å². The van der Waals surface area contributed by atoms with E-state index in [4.69, 9.17) is 23.2 Å². The van der Waals surface area contributed by atoms with Crippen molar-refractivity contribution in [2.75, 3.05) is 18.4 Å². The van der Waals surface area contributed by atoms with Crippen molar-refractivity contribution in [2.24, 2.45) is 5.41 Å². The van der Waals surface area contributed by atoms with Crippen LogP contribution >= 0.6 is 23.2 Å². The number of likely N-dealkylation sites (N-methyl/N-ethyl adjacent to an activating group) is 1. The van der Waals surface area contributed by atoms with Crippen LogP contribution in [0.3, 0.4) is 0 Å². The molecule has 0 saturated heterocycles. The quantitative estimate of drug-likeness (QED) is 0.501. The first-order chi connectivity index (χ1) is 15.1. The average molecular weight is 473 g/mol. The van der Waals surface area contributed by atoms with Gasteiger partial charge in [-0.3, -0.25) is 9.59 Å². The lowest BCUT2D eigenvalue weighted by atomic mass is 9.94. The molecule has 1 heterocycles. The lowest BCUT2D eigenvalue weighted by molar-refractivity contribution is -0.141. The van der Waals surface area contributed by atoms with E-state index in [0.717, 1.165) is 5.56 Å². The monoisotopic (exact) mass is 472 g/mol. The van der Waals surface area contributed by atoms with Gasteiger partial charge in [0.1, 0.15) is 5.82 Å². The maximum Gasteiger partial charge on any atom is 0.245 e. The minimum atomic E-state index is -0.571. The van der Waals surface area contributed by atoms with Gasteiger partial charge in [-0.25, -0.2) is 4.68 Å². The molecule has 0 unspecified atom stereocenters. The lowest BCUT2D eigenvalue weighted by Crippen LogP contribution is -2.43. The molecule has 0 bridgehead atoms. The zero-order valence-electron chi connectivity index (χ0n) is 18.5. The van der Waals surface area contributed by atoms with Crippen molar-refractivity contribution in [3.05, 3.63) is 64.6 Å². The zero-order chi connectivity index (χ0) is 23.5. The van der Waals surface area contributed by atoms with Crippen LogP contribution in [-0.2, 0) is 9.59 Å². The molecule has 3 rings (SSSR count). The normalized spacial score (nSPS) is 11.3. The Morgan fingerprint density at radius 1 is 1.03 bits per heavy atom. The summed E-state index contributed by atoms with van der Waals surface area (Å²) in [5.41, 5.74) is 1.67. The Labute approximate surface area is 198 Å². The van der Waals surface area contributed by atoms with Crippen LogP contribution in [0.2, 0.25) is 10.0 Å². The summed E-state index contributed by atoms with van der Waals surface area (Å²) in [6.07, 6.45) is 0. The molecule has 2 amide bonds. The van der Waals surface area contributed by atoms with E-state index < -0.39 is 5.41 Å². The summed E-state index contributed by atoms with van der Waals surface area (Å²) >= 11 is 12.3. The van der Waals surface area contributed by atoms with Crippen molar-refractivity contribution in [3.8, 4) is 16.9 Å². The molecule has 0 aliphatic rings. The van der Waals surface area contributed by atoms with Gasteiger partial charge < -0.3 is 10.2 Å². The van der Waals surface area contributed by atoms with Crippen LogP contribution in [0.5, 0.6) is 0 Å². The van der Waals surface area contributed by atoms with Gasteiger partial charge in [0.15, 0.2) is 0 Å². The topological polar surface area (TPSA) is 67.2 Å². The maximum atomic E-state index is 12.9. The molecular formula is C24H26Cl2N4O2. The lowest BCUT2D eigenvalue weighted by Gasteiger charge is -2.28. The Morgan fingerprint density at radius 3 is 2.31 bits per heavy atom. The maximum absolute atomic E-state index is 12.9. The van der Waals surface area contributed by atoms with Crippen LogP contribution in [0.15, 0.2) is 54.6 Å². The molecule has 0 aliphatic carbocycles. The number of rotatable bonds is 6. The van der Waals surface area contributed by atoms with E-state index in [-0.39, 0.29) is 18.4 Å². The van der Waals surface area contributed by atoms with Gasteiger partial charge >= 0.3 is 0 Å². The fraction of sp³-hybridized carbons (Fsp3) is 0.292. The molecule has 0 spiro atoms. The summed E-state index contributed by atoms with van der Waals surface area (Å²) in [6.45, 7) is 7.74.